The third kappa shape index (κ3) is 2.54. The molecule has 21 heavy (non-hydrogen) atoms. The van der Waals surface area contributed by atoms with Crippen LogP contribution in [0.15, 0.2) is 36.4 Å². The summed E-state index contributed by atoms with van der Waals surface area (Å²) in [6.45, 7) is 6.69. The van der Waals surface area contributed by atoms with Crippen molar-refractivity contribution < 1.29 is 5.11 Å². The van der Waals surface area contributed by atoms with Crippen molar-refractivity contribution >= 4 is 10.9 Å². The first-order valence-electron chi connectivity index (χ1n) is 7.18. The number of aliphatic hydroxyl groups excluding tert-OH is 1. The second-order valence-electron chi connectivity index (χ2n) is 5.33. The summed E-state index contributed by atoms with van der Waals surface area (Å²) in [5.74, 6) is 0. The number of pyridine rings is 1. The second-order valence-corrected chi connectivity index (χ2v) is 5.33. The molecular formula is C17H19N3O. The molecule has 4 heteroatoms. The molecule has 0 aliphatic carbocycles. The van der Waals surface area contributed by atoms with E-state index < -0.39 is 6.10 Å². The fourth-order valence-corrected chi connectivity index (χ4v) is 2.63. The van der Waals surface area contributed by atoms with Crippen LogP contribution in [0.3, 0.4) is 0 Å². The number of aliphatic hydroxyl groups is 1. The summed E-state index contributed by atoms with van der Waals surface area (Å²) >= 11 is 0. The molecule has 1 atom stereocenters. The first-order chi connectivity index (χ1) is 10.1. The molecule has 0 bridgehead atoms. The summed E-state index contributed by atoms with van der Waals surface area (Å²) in [4.78, 5) is 4.49. The lowest BCUT2D eigenvalue weighted by Gasteiger charge is -2.13. The van der Waals surface area contributed by atoms with Gasteiger partial charge >= 0.3 is 0 Å². The molecule has 0 saturated carbocycles. The van der Waals surface area contributed by atoms with Crippen molar-refractivity contribution in [2.24, 2.45) is 0 Å². The van der Waals surface area contributed by atoms with E-state index in [4.69, 9.17) is 0 Å². The summed E-state index contributed by atoms with van der Waals surface area (Å²) in [6.07, 6.45) is -0.670. The maximum atomic E-state index is 10.6. The Bertz CT molecular complexity index is 792. The molecule has 3 rings (SSSR count). The lowest BCUT2D eigenvalue weighted by molar-refractivity contribution is 0.208. The van der Waals surface area contributed by atoms with Crippen LogP contribution in [0, 0.1) is 13.8 Å². The van der Waals surface area contributed by atoms with E-state index in [1.807, 2.05) is 61.9 Å². The van der Waals surface area contributed by atoms with Crippen molar-refractivity contribution in [1.29, 1.82) is 0 Å². The van der Waals surface area contributed by atoms with Gasteiger partial charge in [-0.1, -0.05) is 12.1 Å². The van der Waals surface area contributed by atoms with Crippen molar-refractivity contribution in [3.63, 3.8) is 0 Å². The lowest BCUT2D eigenvalue weighted by Crippen LogP contribution is -2.09. The molecule has 1 aromatic carbocycles. The fraction of sp³-hybridized carbons (Fsp3) is 0.294. The molecule has 0 amide bonds. The minimum absolute atomic E-state index is 0.670. The zero-order valence-corrected chi connectivity index (χ0v) is 12.5. The molecule has 2 aromatic heterocycles. The average Bonchev–Trinajstić information content (AvgIpc) is 2.87. The van der Waals surface area contributed by atoms with Gasteiger partial charge in [0.2, 0.25) is 0 Å². The predicted molar refractivity (Wildman–Crippen MR) is 83.2 cm³/mol. The summed E-state index contributed by atoms with van der Waals surface area (Å²) in [7, 11) is 0. The van der Waals surface area contributed by atoms with E-state index in [1.165, 1.54) is 0 Å². The number of fused-ring (bicyclic) bond motifs is 1. The summed E-state index contributed by atoms with van der Waals surface area (Å²) in [5, 5.41) is 16.1. The van der Waals surface area contributed by atoms with Gasteiger partial charge in [0.05, 0.1) is 16.9 Å². The normalized spacial score (nSPS) is 12.8. The highest BCUT2D eigenvalue weighted by Gasteiger charge is 2.16. The Balaban J connectivity index is 2.04. The van der Waals surface area contributed by atoms with E-state index in [2.05, 4.69) is 10.1 Å². The van der Waals surface area contributed by atoms with Crippen LogP contribution < -0.4 is 0 Å². The number of hydrogen-bond donors (Lipinski definition) is 1. The van der Waals surface area contributed by atoms with E-state index in [-0.39, 0.29) is 0 Å². The van der Waals surface area contributed by atoms with Crippen LogP contribution in [0.2, 0.25) is 0 Å². The smallest absolute Gasteiger partial charge is 0.121 e. The fourth-order valence-electron chi connectivity index (χ4n) is 2.63. The van der Waals surface area contributed by atoms with E-state index in [1.54, 1.807) is 0 Å². The minimum atomic E-state index is -0.670. The van der Waals surface area contributed by atoms with Crippen LogP contribution >= 0.6 is 0 Å². The van der Waals surface area contributed by atoms with Gasteiger partial charge in [-0.3, -0.25) is 9.67 Å². The van der Waals surface area contributed by atoms with Crippen molar-refractivity contribution in [2.45, 2.75) is 33.4 Å². The second kappa shape index (κ2) is 5.30. The number of nitrogens with zero attached hydrogens (tertiary/aromatic N) is 3. The molecule has 0 aliphatic rings. The molecular weight excluding hydrogens is 262 g/mol. The van der Waals surface area contributed by atoms with Crippen LogP contribution in [0.4, 0.5) is 0 Å². The van der Waals surface area contributed by atoms with Crippen molar-refractivity contribution in [2.75, 3.05) is 0 Å². The summed E-state index contributed by atoms with van der Waals surface area (Å²) in [6, 6.07) is 11.8. The largest absolute Gasteiger partial charge is 0.382 e. The lowest BCUT2D eigenvalue weighted by atomic mass is 10.0. The van der Waals surface area contributed by atoms with E-state index >= 15 is 0 Å². The maximum absolute atomic E-state index is 10.6. The van der Waals surface area contributed by atoms with Gasteiger partial charge in [-0.05, 0) is 50.6 Å². The number of benzene rings is 1. The SMILES string of the molecule is CCn1nc(C)cc1C(O)c1ccc2nc(C)ccc2c1. The van der Waals surface area contributed by atoms with Gasteiger partial charge in [0, 0.05) is 17.6 Å². The molecule has 0 saturated heterocycles. The standard InChI is InChI=1S/C17H19N3O/c1-4-20-16(9-12(3)19-20)17(21)14-7-8-15-13(10-14)6-5-11(2)18-15/h5-10,17,21H,4H2,1-3H3. The Morgan fingerprint density at radius 2 is 1.90 bits per heavy atom. The van der Waals surface area contributed by atoms with E-state index in [0.717, 1.165) is 40.1 Å². The predicted octanol–water partition coefficient (Wildman–Crippen LogP) is 3.15. The maximum Gasteiger partial charge on any atom is 0.121 e. The first kappa shape index (κ1) is 13.8. The molecule has 108 valence electrons. The number of aryl methyl sites for hydroxylation is 3. The molecule has 1 unspecified atom stereocenters. The Labute approximate surface area is 124 Å². The van der Waals surface area contributed by atoms with Crippen molar-refractivity contribution in [3.8, 4) is 0 Å². The highest BCUT2D eigenvalue weighted by Crippen LogP contribution is 2.25. The van der Waals surface area contributed by atoms with Gasteiger partial charge in [-0.15, -0.1) is 0 Å². The topological polar surface area (TPSA) is 50.9 Å². The van der Waals surface area contributed by atoms with E-state index in [9.17, 15) is 5.11 Å². The summed E-state index contributed by atoms with van der Waals surface area (Å²) < 4.78 is 1.84. The van der Waals surface area contributed by atoms with Gasteiger partial charge in [0.1, 0.15) is 6.10 Å². The Morgan fingerprint density at radius 1 is 1.10 bits per heavy atom. The Hall–Kier alpha value is -2.20. The van der Waals surface area contributed by atoms with Crippen LogP contribution in [0.5, 0.6) is 0 Å². The monoisotopic (exact) mass is 281 g/mol. The number of rotatable bonds is 3. The zero-order chi connectivity index (χ0) is 15.0. The molecule has 0 spiro atoms. The highest BCUT2D eigenvalue weighted by atomic mass is 16.3. The highest BCUT2D eigenvalue weighted by molar-refractivity contribution is 5.79. The minimum Gasteiger partial charge on any atom is -0.382 e. The molecule has 0 radical (unpaired) electrons. The van der Waals surface area contributed by atoms with Gasteiger partial charge in [-0.2, -0.15) is 5.10 Å². The molecule has 0 aliphatic heterocycles. The molecule has 2 heterocycles. The van der Waals surface area contributed by atoms with Crippen LogP contribution in [0.1, 0.15) is 35.7 Å². The van der Waals surface area contributed by atoms with Gasteiger partial charge in [0.25, 0.3) is 0 Å². The first-order valence-corrected chi connectivity index (χ1v) is 7.18. The third-order valence-corrected chi connectivity index (χ3v) is 3.68. The number of hydrogen-bond acceptors (Lipinski definition) is 3. The van der Waals surface area contributed by atoms with Crippen molar-refractivity contribution in [1.82, 2.24) is 14.8 Å². The van der Waals surface area contributed by atoms with Gasteiger partial charge in [-0.25, -0.2) is 0 Å². The van der Waals surface area contributed by atoms with Crippen LogP contribution in [-0.2, 0) is 6.54 Å². The van der Waals surface area contributed by atoms with E-state index in [0.29, 0.717) is 0 Å². The molecule has 3 aromatic rings. The number of aromatic nitrogens is 3. The van der Waals surface area contributed by atoms with Crippen molar-refractivity contribution in [3.05, 3.63) is 59.0 Å². The van der Waals surface area contributed by atoms with Crippen LogP contribution in [-0.4, -0.2) is 19.9 Å². The molecule has 4 nitrogen and oxygen atoms in total. The third-order valence-electron chi connectivity index (χ3n) is 3.68. The van der Waals surface area contributed by atoms with Crippen LogP contribution in [0.25, 0.3) is 10.9 Å². The molecule has 1 N–H and O–H groups in total. The van der Waals surface area contributed by atoms with Gasteiger partial charge in [0.15, 0.2) is 0 Å². The summed E-state index contributed by atoms with van der Waals surface area (Å²) in [5.41, 5.74) is 4.56. The molecule has 0 fully saturated rings. The van der Waals surface area contributed by atoms with Gasteiger partial charge < -0.3 is 5.11 Å². The quantitative estimate of drug-likeness (QED) is 0.802. The zero-order valence-electron chi connectivity index (χ0n) is 12.5. The Kier molecular flexibility index (Phi) is 3.47. The Morgan fingerprint density at radius 3 is 2.67 bits per heavy atom. The average molecular weight is 281 g/mol.